The second-order valence-electron chi connectivity index (χ2n) is 17.1. The molecule has 0 saturated carbocycles. The normalized spacial score (nSPS) is 16.4. The molecule has 1 atom stereocenters. The van der Waals surface area contributed by atoms with Crippen molar-refractivity contribution in [3.05, 3.63) is 98.8 Å². The minimum Gasteiger partial charge on any atom is -0.494 e. The topological polar surface area (TPSA) is 94.4 Å². The van der Waals surface area contributed by atoms with Gasteiger partial charge in [-0.05, 0) is 108 Å². The van der Waals surface area contributed by atoms with E-state index in [0.29, 0.717) is 42.5 Å². The molecule has 0 aliphatic carbocycles. The maximum atomic E-state index is 15.6. The standard InChI is InChI=1S/C47H54Cl2N10O2/c1-28-22-34(23-29(2)43(28)49)61-21-9-10-35-36-12-13-38(48)42(41-31(4)51-55(8)32(41)5)44(36)59-30(3)25-58(47(60)45(35)59)40-26-57(20-19-56-17-15-53(6)16-18-56)39-14-11-33(24-37(39)40)46-50-27-54(7)52-46/h11-14,22-24,26-27,30H,9-10,15-21,25H2,1-8H3/t30-/m1/s1. The SMILES string of the molecule is Cc1cc(OCCCc2c3n(c4c(-c5c(C)nn(C)c5C)c(Cl)ccc24)[C@H](C)CN(c2cn(CCN4CCN(C)CC4)c4ccc(-c5ncn(C)n5)cc24)C3=O)cc(C)c1Cl. The van der Waals surface area contributed by atoms with Crippen LogP contribution in [0.15, 0.2) is 55.0 Å². The Morgan fingerprint density at radius 1 is 0.869 bits per heavy atom. The molecule has 4 aromatic heterocycles. The van der Waals surface area contributed by atoms with Crippen LogP contribution in [0.5, 0.6) is 5.75 Å². The van der Waals surface area contributed by atoms with Crippen LogP contribution in [-0.2, 0) is 27.1 Å². The smallest absolute Gasteiger partial charge is 0.275 e. The third-order valence-corrected chi connectivity index (χ3v) is 13.7. The summed E-state index contributed by atoms with van der Waals surface area (Å²) in [5.74, 6) is 1.41. The lowest BCUT2D eigenvalue weighted by Crippen LogP contribution is -2.45. The van der Waals surface area contributed by atoms with E-state index in [4.69, 9.17) is 33.0 Å². The van der Waals surface area contributed by atoms with Crippen molar-refractivity contribution in [1.82, 2.24) is 43.5 Å². The van der Waals surface area contributed by atoms with Crippen LogP contribution in [-0.4, -0.2) is 102 Å². The Labute approximate surface area is 367 Å². The van der Waals surface area contributed by atoms with E-state index in [0.717, 1.165) is 122 Å². The molecule has 0 N–H and O–H groups in total. The minimum absolute atomic E-state index is 0.0321. The van der Waals surface area contributed by atoms with E-state index in [1.807, 2.05) is 62.6 Å². The van der Waals surface area contributed by atoms with Crippen LogP contribution in [0.4, 0.5) is 5.69 Å². The van der Waals surface area contributed by atoms with Gasteiger partial charge >= 0.3 is 0 Å². The molecule has 0 unspecified atom stereocenters. The average Bonchev–Trinajstić information content (AvgIpc) is 3.99. The fraction of sp³-hybridized carbons (Fsp3) is 0.404. The predicted octanol–water partition coefficient (Wildman–Crippen LogP) is 8.81. The van der Waals surface area contributed by atoms with Gasteiger partial charge in [-0.3, -0.25) is 19.1 Å². The van der Waals surface area contributed by atoms with E-state index in [-0.39, 0.29) is 11.9 Å². The summed E-state index contributed by atoms with van der Waals surface area (Å²) in [5, 5.41) is 12.8. The molecule has 0 bridgehead atoms. The number of carbonyl (C=O) groups excluding carboxylic acids is 1. The summed E-state index contributed by atoms with van der Waals surface area (Å²) >= 11 is 13.7. The summed E-state index contributed by atoms with van der Waals surface area (Å²) in [6.45, 7) is 17.2. The fourth-order valence-corrected chi connectivity index (χ4v) is 9.90. The van der Waals surface area contributed by atoms with Gasteiger partial charge in [-0.1, -0.05) is 29.3 Å². The third-order valence-electron chi connectivity index (χ3n) is 12.8. The Morgan fingerprint density at radius 2 is 1.62 bits per heavy atom. The first kappa shape index (κ1) is 41.2. The molecule has 9 rings (SSSR count). The largest absolute Gasteiger partial charge is 0.494 e. The van der Waals surface area contributed by atoms with Gasteiger partial charge in [-0.2, -0.15) is 10.2 Å². The summed E-state index contributed by atoms with van der Waals surface area (Å²) in [4.78, 5) is 27.1. The van der Waals surface area contributed by atoms with Crippen molar-refractivity contribution in [2.24, 2.45) is 14.1 Å². The molecule has 12 nitrogen and oxygen atoms in total. The van der Waals surface area contributed by atoms with Crippen LogP contribution in [0, 0.1) is 27.7 Å². The zero-order chi connectivity index (χ0) is 42.9. The molecule has 61 heavy (non-hydrogen) atoms. The van der Waals surface area contributed by atoms with Crippen LogP contribution in [0.3, 0.4) is 0 Å². The molecule has 1 saturated heterocycles. The molecule has 3 aromatic carbocycles. The monoisotopic (exact) mass is 860 g/mol. The first-order valence-corrected chi connectivity index (χ1v) is 22.0. The van der Waals surface area contributed by atoms with Crippen molar-refractivity contribution < 1.29 is 9.53 Å². The number of hydrogen-bond donors (Lipinski definition) is 0. The van der Waals surface area contributed by atoms with Gasteiger partial charge in [-0.15, -0.1) is 0 Å². The Hall–Kier alpha value is -5.14. The number of ether oxygens (including phenoxy) is 1. The maximum Gasteiger partial charge on any atom is 0.275 e. The molecule has 2 aliphatic heterocycles. The van der Waals surface area contributed by atoms with Crippen LogP contribution in [0.25, 0.3) is 44.3 Å². The number of amides is 1. The number of aryl methyl sites for hydroxylation is 6. The van der Waals surface area contributed by atoms with Crippen molar-refractivity contribution in [3.8, 4) is 28.3 Å². The Morgan fingerprint density at radius 3 is 2.31 bits per heavy atom. The highest BCUT2D eigenvalue weighted by atomic mass is 35.5. The number of aromatic nitrogens is 7. The zero-order valence-corrected chi connectivity index (χ0v) is 37.9. The van der Waals surface area contributed by atoms with E-state index in [1.165, 1.54) is 0 Å². The van der Waals surface area contributed by atoms with Crippen LogP contribution >= 0.6 is 23.2 Å². The number of fused-ring (bicyclic) bond motifs is 4. The van der Waals surface area contributed by atoms with E-state index < -0.39 is 0 Å². The first-order chi connectivity index (χ1) is 29.3. The molecular weight excluding hydrogens is 807 g/mol. The molecule has 1 amide bonds. The van der Waals surface area contributed by atoms with E-state index in [9.17, 15) is 0 Å². The molecule has 7 aromatic rings. The first-order valence-electron chi connectivity index (χ1n) is 21.3. The van der Waals surface area contributed by atoms with Gasteiger partial charge in [-0.25, -0.2) is 4.98 Å². The van der Waals surface area contributed by atoms with E-state index in [1.54, 1.807) is 11.0 Å². The van der Waals surface area contributed by atoms with Gasteiger partial charge in [0.2, 0.25) is 0 Å². The second kappa shape index (κ2) is 16.3. The Bertz CT molecular complexity index is 2800. The lowest BCUT2D eigenvalue weighted by molar-refractivity contribution is 0.0957. The number of benzene rings is 3. The molecule has 6 heterocycles. The molecule has 318 valence electrons. The number of likely N-dealkylation sites (N-methyl/N-ethyl adjacent to an activating group) is 1. The molecule has 1 fully saturated rings. The van der Waals surface area contributed by atoms with E-state index >= 15 is 4.79 Å². The molecule has 0 radical (unpaired) electrons. The highest BCUT2D eigenvalue weighted by Gasteiger charge is 2.38. The third kappa shape index (κ3) is 7.41. The van der Waals surface area contributed by atoms with Crippen LogP contribution in [0.2, 0.25) is 10.0 Å². The number of rotatable bonds is 11. The highest BCUT2D eigenvalue weighted by Crippen LogP contribution is 2.46. The predicted molar refractivity (Wildman–Crippen MR) is 246 cm³/mol. The van der Waals surface area contributed by atoms with Crippen molar-refractivity contribution in [2.75, 3.05) is 57.8 Å². The summed E-state index contributed by atoms with van der Waals surface area (Å²) in [5.41, 5.74) is 11.3. The van der Waals surface area contributed by atoms with Crippen molar-refractivity contribution in [3.63, 3.8) is 0 Å². The van der Waals surface area contributed by atoms with Gasteiger partial charge in [0.05, 0.1) is 34.0 Å². The van der Waals surface area contributed by atoms with Crippen molar-refractivity contribution >= 4 is 56.6 Å². The fourth-order valence-electron chi connectivity index (χ4n) is 9.55. The average molecular weight is 862 g/mol. The summed E-state index contributed by atoms with van der Waals surface area (Å²) < 4.78 is 14.5. The number of piperazine rings is 1. The maximum absolute atomic E-state index is 15.6. The molecule has 2 aliphatic rings. The molecule has 14 heteroatoms. The van der Waals surface area contributed by atoms with E-state index in [2.05, 4.69) is 80.4 Å². The van der Waals surface area contributed by atoms with Crippen LogP contribution < -0.4 is 9.64 Å². The lowest BCUT2D eigenvalue weighted by Gasteiger charge is -2.34. The number of anilines is 1. The Balaban J connectivity index is 1.16. The van der Waals surface area contributed by atoms with Crippen molar-refractivity contribution in [2.45, 2.75) is 60.0 Å². The number of hydrogen-bond acceptors (Lipinski definition) is 7. The summed E-state index contributed by atoms with van der Waals surface area (Å²) in [6.07, 6.45) is 5.23. The zero-order valence-electron chi connectivity index (χ0n) is 36.4. The highest BCUT2D eigenvalue weighted by molar-refractivity contribution is 6.35. The summed E-state index contributed by atoms with van der Waals surface area (Å²) in [7, 11) is 6.02. The molecular formula is C47H54Cl2N10O2. The lowest BCUT2D eigenvalue weighted by atomic mass is 9.98. The van der Waals surface area contributed by atoms with Crippen LogP contribution in [0.1, 0.15) is 58.0 Å². The van der Waals surface area contributed by atoms with Crippen molar-refractivity contribution in [1.29, 1.82) is 0 Å². The Kier molecular flexibility index (Phi) is 11.0. The quantitative estimate of drug-likeness (QED) is 0.120. The van der Waals surface area contributed by atoms with Gasteiger partial charge in [0, 0.05) is 110 Å². The second-order valence-corrected chi connectivity index (χ2v) is 17.9. The minimum atomic E-state index is -0.0842. The number of carbonyl (C=O) groups is 1. The van der Waals surface area contributed by atoms with Gasteiger partial charge in [0.15, 0.2) is 5.82 Å². The molecule has 0 spiro atoms. The summed E-state index contributed by atoms with van der Waals surface area (Å²) in [6, 6.07) is 14.4. The number of halogens is 2. The van der Waals surface area contributed by atoms with Gasteiger partial charge in [0.1, 0.15) is 17.8 Å². The van der Waals surface area contributed by atoms with Gasteiger partial charge < -0.3 is 23.7 Å². The number of nitrogens with zero attached hydrogens (tertiary/aromatic N) is 10. The van der Waals surface area contributed by atoms with Gasteiger partial charge in [0.25, 0.3) is 5.91 Å².